The molecule has 0 rings (SSSR count). The molecule has 15 heavy (non-hydrogen) atoms. The second-order valence-corrected chi connectivity index (χ2v) is 3.89. The van der Waals surface area contributed by atoms with Gasteiger partial charge in [-0.25, -0.2) is 0 Å². The average molecular weight is 206 g/mol. The van der Waals surface area contributed by atoms with Crippen molar-refractivity contribution in [2.45, 2.75) is 58.3 Å². The largest absolute Gasteiger partial charge is 0.103 e. The van der Waals surface area contributed by atoms with Crippen molar-refractivity contribution >= 4 is 0 Å². The highest BCUT2D eigenvalue weighted by atomic mass is 13.9. The number of hydrogen-bond donors (Lipinski definition) is 0. The summed E-state index contributed by atoms with van der Waals surface area (Å²) in [4.78, 5) is 0. The summed E-state index contributed by atoms with van der Waals surface area (Å²) in [6.07, 6.45) is 21.1. The molecule has 0 saturated heterocycles. The van der Waals surface area contributed by atoms with Gasteiger partial charge in [0.25, 0.3) is 0 Å². The van der Waals surface area contributed by atoms with E-state index < -0.39 is 0 Å². The number of hydrogen-bond acceptors (Lipinski definition) is 0. The average Bonchev–Trinajstić information content (AvgIpc) is 2.26. The molecular formula is C15H26. The minimum absolute atomic E-state index is 1.01. The molecule has 0 saturated carbocycles. The lowest BCUT2D eigenvalue weighted by Gasteiger charge is -1.92. The Kier molecular flexibility index (Phi) is 12.5. The third-order valence-corrected chi connectivity index (χ3v) is 2.35. The van der Waals surface area contributed by atoms with E-state index in [1.54, 1.807) is 0 Å². The van der Waals surface area contributed by atoms with Crippen molar-refractivity contribution in [3.05, 3.63) is 37.0 Å². The lowest BCUT2D eigenvalue weighted by molar-refractivity contribution is 0.727. The summed E-state index contributed by atoms with van der Waals surface area (Å²) >= 11 is 0. The van der Waals surface area contributed by atoms with Crippen molar-refractivity contribution < 1.29 is 0 Å². The topological polar surface area (TPSA) is 0 Å². The van der Waals surface area contributed by atoms with Crippen LogP contribution in [0.15, 0.2) is 37.0 Å². The molecule has 0 unspecified atom stereocenters. The van der Waals surface area contributed by atoms with Crippen molar-refractivity contribution in [1.29, 1.82) is 0 Å². The van der Waals surface area contributed by atoms with Crippen molar-refractivity contribution in [3.8, 4) is 0 Å². The highest BCUT2D eigenvalue weighted by molar-refractivity contribution is 4.89. The summed E-state index contributed by atoms with van der Waals surface area (Å²) in [7, 11) is 0. The van der Waals surface area contributed by atoms with Crippen LogP contribution in [0.5, 0.6) is 0 Å². The second kappa shape index (κ2) is 13.2. The first-order valence-electron chi connectivity index (χ1n) is 6.32. The van der Waals surface area contributed by atoms with Gasteiger partial charge in [0.15, 0.2) is 0 Å². The van der Waals surface area contributed by atoms with E-state index in [0.29, 0.717) is 0 Å². The molecule has 0 aliphatic rings. The van der Waals surface area contributed by atoms with Gasteiger partial charge in [0.1, 0.15) is 0 Å². The molecule has 0 aliphatic carbocycles. The van der Waals surface area contributed by atoms with Crippen molar-refractivity contribution in [3.63, 3.8) is 0 Å². The van der Waals surface area contributed by atoms with Crippen molar-refractivity contribution in [2.24, 2.45) is 0 Å². The normalized spacial score (nSPS) is 11.5. The monoisotopic (exact) mass is 206 g/mol. The fourth-order valence-corrected chi connectivity index (χ4v) is 1.41. The summed E-state index contributed by atoms with van der Waals surface area (Å²) in [6.45, 7) is 5.93. The molecule has 0 fully saturated rings. The van der Waals surface area contributed by atoms with Gasteiger partial charge in [-0.1, -0.05) is 50.1 Å². The van der Waals surface area contributed by atoms with Crippen LogP contribution in [0.4, 0.5) is 0 Å². The van der Waals surface area contributed by atoms with Crippen LogP contribution in [0.3, 0.4) is 0 Å². The van der Waals surface area contributed by atoms with Crippen LogP contribution in [0.1, 0.15) is 58.3 Å². The number of rotatable bonds is 10. The molecule has 0 aromatic carbocycles. The molecule has 0 radical (unpaired) electrons. The zero-order valence-electron chi connectivity index (χ0n) is 10.3. The Balaban J connectivity index is 3.12. The van der Waals surface area contributed by atoms with Gasteiger partial charge in [0.2, 0.25) is 0 Å². The van der Waals surface area contributed by atoms with Gasteiger partial charge in [0.05, 0.1) is 0 Å². The van der Waals surface area contributed by atoms with Crippen LogP contribution in [-0.4, -0.2) is 0 Å². The predicted octanol–water partition coefficient (Wildman–Crippen LogP) is 5.43. The Morgan fingerprint density at radius 2 is 1.40 bits per heavy atom. The van der Waals surface area contributed by atoms with E-state index in [2.05, 4.69) is 37.8 Å². The first kappa shape index (κ1) is 14.2. The molecule has 0 spiro atoms. The lowest BCUT2D eigenvalue weighted by atomic mass is 10.1. The van der Waals surface area contributed by atoms with E-state index in [1.165, 1.54) is 44.9 Å². The zero-order valence-corrected chi connectivity index (χ0v) is 10.3. The molecule has 0 atom stereocenters. The molecule has 0 amide bonds. The van der Waals surface area contributed by atoms with E-state index in [4.69, 9.17) is 0 Å². The lowest BCUT2D eigenvalue weighted by Crippen LogP contribution is -1.72. The molecule has 0 heterocycles. The molecule has 0 heteroatoms. The Labute approximate surface area is 95.8 Å². The minimum atomic E-state index is 1.01. The molecule has 0 nitrogen and oxygen atoms in total. The molecule has 86 valence electrons. The third kappa shape index (κ3) is 13.2. The van der Waals surface area contributed by atoms with E-state index in [0.717, 1.165) is 6.42 Å². The molecule has 0 aromatic rings. The summed E-state index contributed by atoms with van der Waals surface area (Å²) in [6, 6.07) is 0. The van der Waals surface area contributed by atoms with Gasteiger partial charge < -0.3 is 0 Å². The minimum Gasteiger partial charge on any atom is -0.103 e. The maximum atomic E-state index is 3.68. The summed E-state index contributed by atoms with van der Waals surface area (Å²) < 4.78 is 0. The van der Waals surface area contributed by atoms with E-state index in [-0.39, 0.29) is 0 Å². The first-order valence-corrected chi connectivity index (χ1v) is 6.32. The first-order chi connectivity index (χ1) is 7.41. The SMILES string of the molecule is C=CCC=CCCCC=CCCCCC. The summed E-state index contributed by atoms with van der Waals surface area (Å²) in [5.74, 6) is 0. The fraction of sp³-hybridized carbons (Fsp3) is 0.600. The van der Waals surface area contributed by atoms with Gasteiger partial charge in [-0.05, 0) is 38.5 Å². The molecular weight excluding hydrogens is 180 g/mol. The fourth-order valence-electron chi connectivity index (χ4n) is 1.41. The van der Waals surface area contributed by atoms with Crippen molar-refractivity contribution in [2.75, 3.05) is 0 Å². The van der Waals surface area contributed by atoms with Crippen LogP contribution in [0.25, 0.3) is 0 Å². The maximum Gasteiger partial charge on any atom is -0.0172 e. The van der Waals surface area contributed by atoms with Crippen LogP contribution < -0.4 is 0 Å². The molecule has 0 aliphatic heterocycles. The molecule has 0 N–H and O–H groups in total. The second-order valence-electron chi connectivity index (χ2n) is 3.89. The highest BCUT2D eigenvalue weighted by Gasteiger charge is 1.82. The van der Waals surface area contributed by atoms with Gasteiger partial charge >= 0.3 is 0 Å². The zero-order chi connectivity index (χ0) is 11.2. The Morgan fingerprint density at radius 3 is 2.00 bits per heavy atom. The van der Waals surface area contributed by atoms with Crippen molar-refractivity contribution in [1.82, 2.24) is 0 Å². The summed E-state index contributed by atoms with van der Waals surface area (Å²) in [5, 5.41) is 0. The van der Waals surface area contributed by atoms with E-state index in [9.17, 15) is 0 Å². The van der Waals surface area contributed by atoms with Gasteiger partial charge in [-0.15, -0.1) is 6.58 Å². The van der Waals surface area contributed by atoms with Gasteiger partial charge in [-0.2, -0.15) is 0 Å². The van der Waals surface area contributed by atoms with Crippen LogP contribution >= 0.6 is 0 Å². The predicted molar refractivity (Wildman–Crippen MR) is 71.1 cm³/mol. The third-order valence-electron chi connectivity index (χ3n) is 2.35. The van der Waals surface area contributed by atoms with E-state index in [1.807, 2.05) is 6.08 Å². The quantitative estimate of drug-likeness (QED) is 0.330. The van der Waals surface area contributed by atoms with Crippen LogP contribution in [0, 0.1) is 0 Å². The number of unbranched alkanes of at least 4 members (excludes halogenated alkanes) is 5. The number of allylic oxidation sites excluding steroid dienone is 5. The Bertz CT molecular complexity index is 174. The smallest absolute Gasteiger partial charge is 0.0172 e. The van der Waals surface area contributed by atoms with E-state index >= 15 is 0 Å². The Hall–Kier alpha value is -0.780. The van der Waals surface area contributed by atoms with Gasteiger partial charge in [-0.3, -0.25) is 0 Å². The maximum absolute atomic E-state index is 3.68. The highest BCUT2D eigenvalue weighted by Crippen LogP contribution is 2.03. The standard InChI is InChI=1S/C15H26/c1-3-5-7-9-11-13-15-14-12-10-8-6-4-2/h3,7,9,12,14H,1,4-6,8,10-11,13,15H2,2H3. The molecule has 0 bridgehead atoms. The molecule has 0 aromatic heterocycles. The van der Waals surface area contributed by atoms with Crippen LogP contribution in [-0.2, 0) is 0 Å². The summed E-state index contributed by atoms with van der Waals surface area (Å²) in [5.41, 5.74) is 0. The Morgan fingerprint density at radius 1 is 0.800 bits per heavy atom. The van der Waals surface area contributed by atoms with Gasteiger partial charge in [0, 0.05) is 0 Å². The van der Waals surface area contributed by atoms with Crippen LogP contribution in [0.2, 0.25) is 0 Å².